The molecular formula is C24H25ClN4O2S. The van der Waals surface area contributed by atoms with Crippen LogP contribution in [0.15, 0.2) is 53.7 Å². The molecule has 2 aromatic carbocycles. The van der Waals surface area contributed by atoms with Crippen molar-refractivity contribution < 1.29 is 9.53 Å². The van der Waals surface area contributed by atoms with Crippen molar-refractivity contribution in [3.05, 3.63) is 59.1 Å². The van der Waals surface area contributed by atoms with Crippen molar-refractivity contribution in [3.63, 3.8) is 0 Å². The normalized spacial score (nSPS) is 18.0. The summed E-state index contributed by atoms with van der Waals surface area (Å²) < 4.78 is 7.95. The fourth-order valence-electron chi connectivity index (χ4n) is 4.36. The monoisotopic (exact) mass is 468 g/mol. The van der Waals surface area contributed by atoms with Crippen molar-refractivity contribution in [2.45, 2.75) is 43.5 Å². The van der Waals surface area contributed by atoms with Crippen LogP contribution in [0.5, 0.6) is 0 Å². The summed E-state index contributed by atoms with van der Waals surface area (Å²) >= 11 is 7.51. The SMILES string of the molecule is O=C(CSc1nnc(-c2ccc(Cl)cc2)n1CC1CCCO1)N1CCCc2ccccc21. The molecule has 0 radical (unpaired) electrons. The smallest absolute Gasteiger partial charge is 0.237 e. The lowest BCUT2D eigenvalue weighted by molar-refractivity contribution is -0.116. The van der Waals surface area contributed by atoms with Gasteiger partial charge in [-0.3, -0.25) is 9.36 Å². The van der Waals surface area contributed by atoms with Gasteiger partial charge in [0.25, 0.3) is 0 Å². The van der Waals surface area contributed by atoms with Crippen LogP contribution in [0.25, 0.3) is 11.4 Å². The van der Waals surface area contributed by atoms with Crippen LogP contribution in [0.1, 0.15) is 24.8 Å². The molecule has 32 heavy (non-hydrogen) atoms. The quantitative estimate of drug-likeness (QED) is 0.484. The number of ether oxygens (including phenoxy) is 1. The summed E-state index contributed by atoms with van der Waals surface area (Å²) in [4.78, 5) is 15.0. The molecule has 0 aliphatic carbocycles. The summed E-state index contributed by atoms with van der Waals surface area (Å²) in [7, 11) is 0. The van der Waals surface area contributed by atoms with E-state index in [2.05, 4.69) is 20.8 Å². The third-order valence-corrected chi connectivity index (χ3v) is 7.17. The van der Waals surface area contributed by atoms with E-state index in [0.29, 0.717) is 17.3 Å². The van der Waals surface area contributed by atoms with Gasteiger partial charge in [0, 0.05) is 29.4 Å². The average Bonchev–Trinajstić information content (AvgIpc) is 3.48. The second-order valence-corrected chi connectivity index (χ2v) is 9.50. The molecule has 3 aromatic rings. The Morgan fingerprint density at radius 2 is 1.97 bits per heavy atom. The summed E-state index contributed by atoms with van der Waals surface area (Å²) in [6.45, 7) is 2.22. The molecule has 2 aliphatic heterocycles. The summed E-state index contributed by atoms with van der Waals surface area (Å²) in [5, 5.41) is 10.3. The minimum absolute atomic E-state index is 0.0989. The van der Waals surface area contributed by atoms with E-state index in [1.807, 2.05) is 47.4 Å². The highest BCUT2D eigenvalue weighted by atomic mass is 35.5. The van der Waals surface area contributed by atoms with Crippen molar-refractivity contribution in [1.82, 2.24) is 14.8 Å². The van der Waals surface area contributed by atoms with Gasteiger partial charge < -0.3 is 9.64 Å². The van der Waals surface area contributed by atoms with E-state index in [9.17, 15) is 4.79 Å². The number of hydrogen-bond donors (Lipinski definition) is 0. The number of fused-ring (bicyclic) bond motifs is 1. The highest BCUT2D eigenvalue weighted by Crippen LogP contribution is 2.30. The molecular weight excluding hydrogens is 444 g/mol. The van der Waals surface area contributed by atoms with Gasteiger partial charge in [0.2, 0.25) is 5.91 Å². The van der Waals surface area contributed by atoms with Crippen molar-refractivity contribution in [1.29, 1.82) is 0 Å². The van der Waals surface area contributed by atoms with Crippen LogP contribution >= 0.6 is 23.4 Å². The van der Waals surface area contributed by atoms with Crippen LogP contribution in [0.2, 0.25) is 5.02 Å². The molecule has 0 spiro atoms. The molecule has 3 heterocycles. The number of thioether (sulfide) groups is 1. The van der Waals surface area contributed by atoms with Gasteiger partial charge in [-0.05, 0) is 61.6 Å². The Kier molecular flexibility index (Phi) is 6.48. The maximum Gasteiger partial charge on any atom is 0.237 e. The Morgan fingerprint density at radius 3 is 2.78 bits per heavy atom. The van der Waals surface area contributed by atoms with Gasteiger partial charge in [0.05, 0.1) is 18.4 Å². The zero-order valence-electron chi connectivity index (χ0n) is 17.7. The molecule has 1 amide bonds. The van der Waals surface area contributed by atoms with Crippen molar-refractivity contribution in [2.75, 3.05) is 23.8 Å². The molecule has 5 rings (SSSR count). The van der Waals surface area contributed by atoms with Crippen LogP contribution in [0.4, 0.5) is 5.69 Å². The number of nitrogens with zero attached hydrogens (tertiary/aromatic N) is 4. The van der Waals surface area contributed by atoms with Crippen LogP contribution < -0.4 is 4.90 Å². The Hall–Kier alpha value is -2.35. The Labute approximate surface area is 196 Å². The van der Waals surface area contributed by atoms with Gasteiger partial charge in [0.15, 0.2) is 11.0 Å². The lowest BCUT2D eigenvalue weighted by Gasteiger charge is -2.29. The first kappa shape index (κ1) is 21.5. The average molecular weight is 469 g/mol. The molecule has 0 N–H and O–H groups in total. The number of halogens is 1. The van der Waals surface area contributed by atoms with Gasteiger partial charge in [-0.15, -0.1) is 10.2 Å². The Morgan fingerprint density at radius 1 is 1.12 bits per heavy atom. The van der Waals surface area contributed by atoms with E-state index >= 15 is 0 Å². The van der Waals surface area contributed by atoms with E-state index in [-0.39, 0.29) is 12.0 Å². The van der Waals surface area contributed by atoms with Gasteiger partial charge in [-0.25, -0.2) is 0 Å². The largest absolute Gasteiger partial charge is 0.376 e. The molecule has 1 fully saturated rings. The summed E-state index contributed by atoms with van der Waals surface area (Å²) in [5.74, 6) is 1.19. The Balaban J connectivity index is 1.36. The topological polar surface area (TPSA) is 60.3 Å². The lowest BCUT2D eigenvalue weighted by Crippen LogP contribution is -2.36. The van der Waals surface area contributed by atoms with Crippen molar-refractivity contribution in [2.24, 2.45) is 0 Å². The third-order valence-electron chi connectivity index (χ3n) is 5.97. The predicted molar refractivity (Wildman–Crippen MR) is 127 cm³/mol. The molecule has 1 unspecified atom stereocenters. The van der Waals surface area contributed by atoms with Crippen LogP contribution in [0, 0.1) is 0 Å². The summed E-state index contributed by atoms with van der Waals surface area (Å²) in [5.41, 5.74) is 3.22. The number of carbonyl (C=O) groups is 1. The van der Waals surface area contributed by atoms with Gasteiger partial charge in [-0.2, -0.15) is 0 Å². The van der Waals surface area contributed by atoms with E-state index in [4.69, 9.17) is 16.3 Å². The van der Waals surface area contributed by atoms with Crippen LogP contribution in [0.3, 0.4) is 0 Å². The van der Waals surface area contributed by atoms with Gasteiger partial charge >= 0.3 is 0 Å². The maximum absolute atomic E-state index is 13.1. The molecule has 1 atom stereocenters. The number of para-hydroxylation sites is 1. The van der Waals surface area contributed by atoms with Crippen molar-refractivity contribution in [3.8, 4) is 11.4 Å². The molecule has 8 heteroatoms. The number of benzene rings is 2. The first-order chi connectivity index (χ1) is 15.7. The highest BCUT2D eigenvalue weighted by molar-refractivity contribution is 7.99. The van der Waals surface area contributed by atoms with Gasteiger partial charge in [-0.1, -0.05) is 41.6 Å². The summed E-state index contributed by atoms with van der Waals surface area (Å²) in [6, 6.07) is 15.8. The van der Waals surface area contributed by atoms with E-state index < -0.39 is 0 Å². The molecule has 1 aromatic heterocycles. The highest BCUT2D eigenvalue weighted by Gasteiger charge is 2.25. The fourth-order valence-corrected chi connectivity index (χ4v) is 5.31. The number of aromatic nitrogens is 3. The molecule has 0 saturated carbocycles. The molecule has 166 valence electrons. The minimum atomic E-state index is 0.0989. The van der Waals surface area contributed by atoms with E-state index in [0.717, 1.165) is 61.1 Å². The second kappa shape index (κ2) is 9.65. The lowest BCUT2D eigenvalue weighted by atomic mass is 10.0. The number of amides is 1. The van der Waals surface area contributed by atoms with E-state index in [1.54, 1.807) is 0 Å². The first-order valence-electron chi connectivity index (χ1n) is 11.0. The molecule has 6 nitrogen and oxygen atoms in total. The third kappa shape index (κ3) is 4.56. The maximum atomic E-state index is 13.1. The number of aryl methyl sites for hydroxylation is 1. The molecule has 2 aliphatic rings. The molecule has 0 bridgehead atoms. The van der Waals surface area contributed by atoms with Gasteiger partial charge in [0.1, 0.15) is 0 Å². The first-order valence-corrected chi connectivity index (χ1v) is 12.4. The minimum Gasteiger partial charge on any atom is -0.376 e. The number of hydrogen-bond acceptors (Lipinski definition) is 5. The fraction of sp³-hybridized carbons (Fsp3) is 0.375. The zero-order valence-corrected chi connectivity index (χ0v) is 19.3. The number of anilines is 1. The number of rotatable bonds is 6. The predicted octanol–water partition coefficient (Wildman–Crippen LogP) is 4.85. The zero-order chi connectivity index (χ0) is 21.9. The standard InChI is InChI=1S/C24H25ClN4O2S/c25-19-11-9-18(10-12-19)23-26-27-24(29(23)15-20-7-4-14-31-20)32-16-22(30)28-13-3-6-17-5-1-2-8-21(17)28/h1-2,5,8-12,20H,3-4,6-7,13-16H2. The van der Waals surface area contributed by atoms with Crippen molar-refractivity contribution >= 4 is 35.0 Å². The van der Waals surface area contributed by atoms with E-state index in [1.165, 1.54) is 17.3 Å². The second-order valence-electron chi connectivity index (χ2n) is 8.13. The Bertz CT molecular complexity index is 1100. The number of carbonyl (C=O) groups excluding carboxylic acids is 1. The molecule has 1 saturated heterocycles. The summed E-state index contributed by atoms with van der Waals surface area (Å²) in [6.07, 6.45) is 4.24. The van der Waals surface area contributed by atoms with Crippen LogP contribution in [-0.2, 0) is 22.5 Å². The van der Waals surface area contributed by atoms with Crippen LogP contribution in [-0.4, -0.2) is 45.7 Å².